The van der Waals surface area contributed by atoms with E-state index < -0.39 is 7.32 Å². The first-order valence-electron chi connectivity index (χ1n) is 8.72. The molecule has 0 saturated carbocycles. The van der Waals surface area contributed by atoms with Crippen LogP contribution in [-0.2, 0) is 9.31 Å². The monoisotopic (exact) mass is 410 g/mol. The average molecular weight is 409 g/mol. The number of hydrogen-bond acceptors (Lipinski definition) is 3. The Morgan fingerprint density at radius 3 is 1.33 bits per heavy atom. The first-order valence-corrected chi connectivity index (χ1v) is 8.72. The van der Waals surface area contributed by atoms with Crippen molar-refractivity contribution >= 4 is 31.2 Å². The first-order chi connectivity index (χ1) is 9.81. The summed E-state index contributed by atoms with van der Waals surface area (Å²) in [6.07, 6.45) is 14.8. The second-order valence-corrected chi connectivity index (χ2v) is 5.58. The van der Waals surface area contributed by atoms with E-state index in [1.807, 2.05) is 0 Å². The molecule has 21 heavy (non-hydrogen) atoms. The molecule has 0 aliphatic rings. The Bertz CT molecular complexity index is 167. The van der Waals surface area contributed by atoms with Gasteiger partial charge in [0.25, 0.3) is 0 Å². The second-order valence-electron chi connectivity index (χ2n) is 5.58. The molecule has 0 aliphatic heterocycles. The van der Waals surface area contributed by atoms with Gasteiger partial charge in [-0.25, -0.2) is 0 Å². The normalized spacial score (nSPS) is 10.4. The van der Waals surface area contributed by atoms with E-state index in [0.29, 0.717) is 13.2 Å². The van der Waals surface area contributed by atoms with Crippen molar-refractivity contribution in [1.82, 2.24) is 0 Å². The average Bonchev–Trinajstić information content (AvgIpc) is 2.45. The maximum absolute atomic E-state index is 9.49. The van der Waals surface area contributed by atoms with Gasteiger partial charge < -0.3 is 14.3 Å². The molecule has 0 aromatic rings. The Balaban J connectivity index is 0. The van der Waals surface area contributed by atoms with Crippen LogP contribution in [0.5, 0.6) is 0 Å². The summed E-state index contributed by atoms with van der Waals surface area (Å²) in [6.45, 7) is 5.65. The minimum atomic E-state index is -1.03. The van der Waals surface area contributed by atoms with Crippen molar-refractivity contribution in [3.63, 3.8) is 0 Å². The van der Waals surface area contributed by atoms with Gasteiger partial charge in [-0.05, 0) is 12.8 Å². The van der Waals surface area contributed by atoms with E-state index in [9.17, 15) is 5.02 Å². The zero-order valence-corrected chi connectivity index (χ0v) is 13.7. The standard InChI is InChI=1S/C16H35BO3.Sn.4H/c1-3-5-7-9-11-13-15-19-17(18)20-16-14-12-10-8-6-4-2;;;;;/h18H,3-16H2,1-2H3;;;;;. The van der Waals surface area contributed by atoms with Crippen molar-refractivity contribution in [3.05, 3.63) is 0 Å². The number of unbranched alkanes of at least 4 members (excludes halogenated alkanes) is 10. The molecule has 3 nitrogen and oxygen atoms in total. The fourth-order valence-corrected chi connectivity index (χ4v) is 2.18. The van der Waals surface area contributed by atoms with Gasteiger partial charge in [-0.2, -0.15) is 0 Å². The van der Waals surface area contributed by atoms with E-state index in [1.54, 1.807) is 0 Å². The fraction of sp³-hybridized carbons (Fsp3) is 1.00. The first kappa shape index (κ1) is 24.0. The summed E-state index contributed by atoms with van der Waals surface area (Å²) in [4.78, 5) is 0. The molecule has 0 aliphatic carbocycles. The van der Waals surface area contributed by atoms with Crippen molar-refractivity contribution in [1.29, 1.82) is 0 Å². The summed E-state index contributed by atoms with van der Waals surface area (Å²) in [5.74, 6) is 0. The molecule has 0 bridgehead atoms. The number of rotatable bonds is 16. The maximum atomic E-state index is 9.49. The summed E-state index contributed by atoms with van der Waals surface area (Å²) >= 11 is 0. The van der Waals surface area contributed by atoms with Crippen molar-refractivity contribution < 1.29 is 14.3 Å². The predicted octanol–water partition coefficient (Wildman–Crippen LogP) is 3.27. The Morgan fingerprint density at radius 2 is 0.952 bits per heavy atom. The van der Waals surface area contributed by atoms with Crippen LogP contribution in [0.4, 0.5) is 0 Å². The Kier molecular flexibility index (Phi) is 23.7. The molecule has 0 heterocycles. The van der Waals surface area contributed by atoms with Gasteiger partial charge in [0.05, 0.1) is 0 Å². The molecule has 0 spiro atoms. The van der Waals surface area contributed by atoms with E-state index >= 15 is 0 Å². The summed E-state index contributed by atoms with van der Waals surface area (Å²) in [7, 11) is -1.03. The Morgan fingerprint density at radius 1 is 0.619 bits per heavy atom. The molecule has 0 rings (SSSR count). The summed E-state index contributed by atoms with van der Waals surface area (Å²) in [6, 6.07) is 0. The van der Waals surface area contributed by atoms with Crippen LogP contribution >= 0.6 is 0 Å². The van der Waals surface area contributed by atoms with Crippen LogP contribution in [0.25, 0.3) is 0 Å². The quantitative estimate of drug-likeness (QED) is 0.314. The Labute approximate surface area is 149 Å². The molecule has 128 valence electrons. The van der Waals surface area contributed by atoms with Crippen LogP contribution in [0.3, 0.4) is 0 Å². The molecule has 0 unspecified atom stereocenters. The van der Waals surface area contributed by atoms with E-state index in [2.05, 4.69) is 13.8 Å². The van der Waals surface area contributed by atoms with Crippen LogP contribution in [0.15, 0.2) is 0 Å². The van der Waals surface area contributed by atoms with Crippen LogP contribution < -0.4 is 0 Å². The predicted molar refractivity (Wildman–Crippen MR) is 98.0 cm³/mol. The summed E-state index contributed by atoms with van der Waals surface area (Å²) in [5, 5.41) is 9.49. The molecule has 0 fully saturated rings. The van der Waals surface area contributed by atoms with Gasteiger partial charge in [0.2, 0.25) is 0 Å². The van der Waals surface area contributed by atoms with Gasteiger partial charge in [-0.15, -0.1) is 0 Å². The fourth-order valence-electron chi connectivity index (χ4n) is 2.18. The zero-order chi connectivity index (χ0) is 14.9. The van der Waals surface area contributed by atoms with Gasteiger partial charge in [0, 0.05) is 13.2 Å². The van der Waals surface area contributed by atoms with E-state index in [1.165, 1.54) is 64.2 Å². The SMILES string of the molecule is CCCCCCCCOB(O)OCCCCCCCC.[SnH4]. The molecule has 0 aromatic heterocycles. The second kappa shape index (κ2) is 20.7. The van der Waals surface area contributed by atoms with Crippen LogP contribution in [0, 0.1) is 0 Å². The minimum absolute atomic E-state index is 0. The van der Waals surface area contributed by atoms with E-state index in [-0.39, 0.29) is 23.9 Å². The van der Waals surface area contributed by atoms with Crippen LogP contribution in [0.2, 0.25) is 0 Å². The van der Waals surface area contributed by atoms with Gasteiger partial charge in [0.1, 0.15) is 0 Å². The molecular weight excluding hydrogens is 370 g/mol. The molecule has 1 N–H and O–H groups in total. The molecule has 0 amide bonds. The molecule has 0 radical (unpaired) electrons. The van der Waals surface area contributed by atoms with Gasteiger partial charge in [0.15, 0.2) is 0 Å². The third kappa shape index (κ3) is 20.7. The molecule has 5 heteroatoms. The number of hydrogen-bond donors (Lipinski definition) is 1. The summed E-state index contributed by atoms with van der Waals surface area (Å²) in [5.41, 5.74) is 0. The van der Waals surface area contributed by atoms with Gasteiger partial charge in [-0.3, -0.25) is 0 Å². The molecular formula is C16H39BO3Sn. The molecule has 0 aromatic carbocycles. The Hall–Kier alpha value is 0.744. The van der Waals surface area contributed by atoms with Crippen molar-refractivity contribution in [2.24, 2.45) is 0 Å². The van der Waals surface area contributed by atoms with Crippen LogP contribution in [0.1, 0.15) is 90.9 Å². The van der Waals surface area contributed by atoms with Crippen LogP contribution in [-0.4, -0.2) is 49.5 Å². The van der Waals surface area contributed by atoms with Crippen molar-refractivity contribution in [2.45, 2.75) is 90.9 Å². The third-order valence-electron chi connectivity index (χ3n) is 3.52. The van der Waals surface area contributed by atoms with E-state index in [0.717, 1.165) is 12.8 Å². The van der Waals surface area contributed by atoms with E-state index in [4.69, 9.17) is 9.31 Å². The molecule has 0 saturated heterocycles. The van der Waals surface area contributed by atoms with Crippen molar-refractivity contribution in [3.8, 4) is 0 Å². The molecule has 0 atom stereocenters. The topological polar surface area (TPSA) is 38.7 Å². The van der Waals surface area contributed by atoms with Gasteiger partial charge in [-0.1, -0.05) is 78.1 Å². The van der Waals surface area contributed by atoms with Gasteiger partial charge >= 0.3 is 31.2 Å². The third-order valence-corrected chi connectivity index (χ3v) is 3.52. The van der Waals surface area contributed by atoms with Crippen molar-refractivity contribution in [2.75, 3.05) is 13.2 Å². The summed E-state index contributed by atoms with van der Waals surface area (Å²) < 4.78 is 10.5. The zero-order valence-electron chi connectivity index (χ0n) is 13.7.